The number of halogens is 3. The van der Waals surface area contributed by atoms with E-state index in [9.17, 15) is 33.5 Å². The van der Waals surface area contributed by atoms with E-state index in [2.05, 4.69) is 14.7 Å². The number of nitro benzene ring substituents is 1. The van der Waals surface area contributed by atoms with Gasteiger partial charge >= 0.3 is 11.9 Å². The third-order valence-electron chi connectivity index (χ3n) is 2.49. The normalized spacial score (nSPS) is 11.6. The van der Waals surface area contributed by atoms with Gasteiger partial charge in [-0.3, -0.25) is 10.1 Å². The van der Waals surface area contributed by atoms with Crippen molar-refractivity contribution in [1.29, 1.82) is 0 Å². The first-order valence-corrected chi connectivity index (χ1v) is 5.24. The molecule has 21 heavy (non-hydrogen) atoms. The van der Waals surface area contributed by atoms with Crippen molar-refractivity contribution in [3.05, 3.63) is 27.6 Å². The smallest absolute Gasteiger partial charge is 0.417 e. The van der Waals surface area contributed by atoms with E-state index < -0.39 is 45.2 Å². The molecule has 2 rings (SSSR count). The minimum atomic E-state index is -5.04. The summed E-state index contributed by atoms with van der Waals surface area (Å²) in [6.45, 7) is 1.27. The molecule has 0 aliphatic carbocycles. The van der Waals surface area contributed by atoms with Gasteiger partial charge in [-0.25, -0.2) is 0 Å². The highest BCUT2D eigenvalue weighted by atomic mass is 19.4. The van der Waals surface area contributed by atoms with Crippen LogP contribution in [-0.2, 0) is 6.18 Å². The van der Waals surface area contributed by atoms with E-state index in [1.807, 2.05) is 0 Å². The van der Waals surface area contributed by atoms with Crippen LogP contribution in [0.25, 0.3) is 11.4 Å². The van der Waals surface area contributed by atoms with Crippen LogP contribution >= 0.6 is 0 Å². The third kappa shape index (κ3) is 2.44. The van der Waals surface area contributed by atoms with Crippen molar-refractivity contribution in [2.45, 2.75) is 13.1 Å². The molecule has 11 heteroatoms. The number of nitro groups is 1. The molecule has 0 atom stereocenters. The zero-order chi connectivity index (χ0) is 15.9. The number of alkyl halides is 3. The van der Waals surface area contributed by atoms with Gasteiger partial charge in [0.1, 0.15) is 5.56 Å². The fraction of sp³-hybridized carbons (Fsp3) is 0.200. The zero-order valence-corrected chi connectivity index (χ0v) is 10.2. The second kappa shape index (κ2) is 4.61. The molecule has 0 fully saturated rings. The van der Waals surface area contributed by atoms with Crippen LogP contribution in [0.1, 0.15) is 11.5 Å². The van der Waals surface area contributed by atoms with E-state index in [1.54, 1.807) is 0 Å². The fourth-order valence-corrected chi connectivity index (χ4v) is 1.67. The summed E-state index contributed by atoms with van der Waals surface area (Å²) in [5.41, 5.74) is -4.01. The first kappa shape index (κ1) is 14.6. The van der Waals surface area contributed by atoms with Gasteiger partial charge in [0.25, 0.3) is 0 Å². The first-order chi connectivity index (χ1) is 9.62. The second-order valence-corrected chi connectivity index (χ2v) is 3.91. The van der Waals surface area contributed by atoms with Crippen LogP contribution in [-0.4, -0.2) is 25.3 Å². The van der Waals surface area contributed by atoms with Gasteiger partial charge in [0.05, 0.1) is 10.5 Å². The predicted octanol–water partition coefficient (Wildman–Crippen LogP) is 2.38. The Kier molecular flexibility index (Phi) is 3.20. The Balaban J connectivity index is 2.93. The maximum atomic E-state index is 13.0. The van der Waals surface area contributed by atoms with Crippen LogP contribution in [0.2, 0.25) is 0 Å². The quantitative estimate of drug-likeness (QED) is 0.496. The van der Waals surface area contributed by atoms with Crippen LogP contribution in [0.4, 0.5) is 18.9 Å². The maximum absolute atomic E-state index is 13.0. The minimum absolute atomic E-state index is 0.125. The second-order valence-electron chi connectivity index (χ2n) is 3.91. The lowest BCUT2D eigenvalue weighted by Gasteiger charge is -2.12. The van der Waals surface area contributed by atoms with E-state index in [1.165, 1.54) is 6.92 Å². The van der Waals surface area contributed by atoms with Gasteiger partial charge in [0, 0.05) is 6.92 Å². The average molecular weight is 305 g/mol. The van der Waals surface area contributed by atoms with Gasteiger partial charge in [0.15, 0.2) is 5.75 Å². The predicted molar refractivity (Wildman–Crippen MR) is 59.5 cm³/mol. The van der Waals surface area contributed by atoms with Crippen LogP contribution in [0.3, 0.4) is 0 Å². The third-order valence-corrected chi connectivity index (χ3v) is 2.49. The number of benzene rings is 1. The highest BCUT2D eigenvalue weighted by molar-refractivity contribution is 5.79. The Labute approximate surface area is 113 Å². The van der Waals surface area contributed by atoms with Gasteiger partial charge < -0.3 is 14.7 Å². The summed E-state index contributed by atoms with van der Waals surface area (Å²) in [5.74, 6) is -3.44. The summed E-state index contributed by atoms with van der Waals surface area (Å²) in [6, 6.07) is 0.156. The van der Waals surface area contributed by atoms with Crippen molar-refractivity contribution in [1.82, 2.24) is 10.1 Å². The monoisotopic (exact) mass is 305 g/mol. The first-order valence-electron chi connectivity index (χ1n) is 5.24. The standard InChI is InChI=1S/C10H6F3N3O5/c1-3-14-9(15-21-3)6-4(10(11,12)13)2-5(17)8(18)7(6)16(19)20/h2,17-18H,1H3. The van der Waals surface area contributed by atoms with Crippen molar-refractivity contribution < 1.29 is 32.8 Å². The molecule has 0 radical (unpaired) electrons. The number of hydrogen-bond acceptors (Lipinski definition) is 7. The van der Waals surface area contributed by atoms with Crippen molar-refractivity contribution in [3.8, 4) is 22.9 Å². The Morgan fingerprint density at radius 3 is 2.43 bits per heavy atom. The van der Waals surface area contributed by atoms with Crippen molar-refractivity contribution in [2.24, 2.45) is 0 Å². The number of rotatable bonds is 2. The molecule has 2 aromatic rings. The Hall–Kier alpha value is -2.85. The number of aromatic hydroxyl groups is 2. The number of aryl methyl sites for hydroxylation is 1. The number of phenolic OH excluding ortho intramolecular Hbond substituents is 2. The molecule has 1 aromatic carbocycles. The Morgan fingerprint density at radius 2 is 2.00 bits per heavy atom. The summed E-state index contributed by atoms with van der Waals surface area (Å²) in [4.78, 5) is 13.2. The summed E-state index contributed by atoms with van der Waals surface area (Å²) in [6.07, 6.45) is -5.04. The molecule has 0 amide bonds. The number of nitrogens with zero attached hydrogens (tertiary/aromatic N) is 3. The summed E-state index contributed by atoms with van der Waals surface area (Å²) in [5, 5.41) is 32.8. The van der Waals surface area contributed by atoms with E-state index in [0.29, 0.717) is 0 Å². The van der Waals surface area contributed by atoms with Gasteiger partial charge in [-0.2, -0.15) is 18.2 Å². The zero-order valence-electron chi connectivity index (χ0n) is 10.2. The largest absolute Gasteiger partial charge is 0.504 e. The Bertz CT molecular complexity index is 725. The lowest BCUT2D eigenvalue weighted by Crippen LogP contribution is -2.10. The van der Waals surface area contributed by atoms with Crippen LogP contribution in [0, 0.1) is 17.0 Å². The number of hydrogen-bond donors (Lipinski definition) is 2. The lowest BCUT2D eigenvalue weighted by molar-refractivity contribution is -0.385. The minimum Gasteiger partial charge on any atom is -0.504 e. The molecular weight excluding hydrogens is 299 g/mol. The van der Waals surface area contributed by atoms with Crippen LogP contribution < -0.4 is 0 Å². The van der Waals surface area contributed by atoms with Crippen LogP contribution in [0.15, 0.2) is 10.6 Å². The molecule has 0 saturated heterocycles. The molecule has 0 saturated carbocycles. The molecule has 0 aliphatic rings. The highest BCUT2D eigenvalue weighted by Gasteiger charge is 2.42. The number of phenols is 2. The lowest BCUT2D eigenvalue weighted by atomic mass is 10.0. The molecule has 112 valence electrons. The van der Waals surface area contributed by atoms with Gasteiger partial charge in [-0.1, -0.05) is 5.16 Å². The molecule has 0 aliphatic heterocycles. The molecule has 0 spiro atoms. The molecule has 8 nitrogen and oxygen atoms in total. The summed E-state index contributed by atoms with van der Waals surface area (Å²) in [7, 11) is 0. The average Bonchev–Trinajstić information content (AvgIpc) is 2.76. The van der Waals surface area contributed by atoms with E-state index in [0.717, 1.165) is 0 Å². The topological polar surface area (TPSA) is 123 Å². The van der Waals surface area contributed by atoms with Gasteiger partial charge in [-0.15, -0.1) is 0 Å². The van der Waals surface area contributed by atoms with Crippen molar-refractivity contribution in [2.75, 3.05) is 0 Å². The van der Waals surface area contributed by atoms with Gasteiger partial charge in [-0.05, 0) is 6.07 Å². The van der Waals surface area contributed by atoms with Crippen molar-refractivity contribution >= 4 is 5.69 Å². The molecule has 2 N–H and O–H groups in total. The summed E-state index contributed by atoms with van der Waals surface area (Å²) < 4.78 is 43.5. The number of aromatic nitrogens is 2. The van der Waals surface area contributed by atoms with Gasteiger partial charge in [0.2, 0.25) is 17.5 Å². The fourth-order valence-electron chi connectivity index (χ4n) is 1.67. The SMILES string of the molecule is Cc1nc(-c2c(C(F)(F)F)cc(O)c(O)c2[N+](=O)[O-])no1. The van der Waals surface area contributed by atoms with E-state index in [4.69, 9.17) is 0 Å². The molecule has 1 heterocycles. The van der Waals surface area contributed by atoms with Crippen LogP contribution in [0.5, 0.6) is 11.5 Å². The molecule has 0 unspecified atom stereocenters. The Morgan fingerprint density at radius 1 is 1.38 bits per heavy atom. The van der Waals surface area contributed by atoms with Crippen molar-refractivity contribution in [3.63, 3.8) is 0 Å². The van der Waals surface area contributed by atoms with E-state index in [-0.39, 0.29) is 12.0 Å². The van der Waals surface area contributed by atoms with E-state index >= 15 is 0 Å². The molecular formula is C10H6F3N3O5. The highest BCUT2D eigenvalue weighted by Crippen LogP contribution is 2.49. The maximum Gasteiger partial charge on any atom is 0.417 e. The molecule has 0 bridgehead atoms. The molecule has 1 aromatic heterocycles. The summed E-state index contributed by atoms with van der Waals surface area (Å²) >= 11 is 0.